The fraction of sp³-hybridized carbons (Fsp3) is 0.875. The number of unbranched alkanes of at least 4 members (excludes halogenated alkanes) is 37. The molecule has 1 aliphatic heterocycles. The van der Waals surface area contributed by atoms with Gasteiger partial charge in [0.1, 0.15) is 24.4 Å². The molecule has 1 amide bonds. The fourth-order valence-corrected chi connectivity index (χ4v) is 9.92. The van der Waals surface area contributed by atoms with Crippen molar-refractivity contribution in [2.24, 2.45) is 0 Å². The molecule has 0 saturated carbocycles. The Morgan fingerprint density at radius 2 is 0.867 bits per heavy atom. The van der Waals surface area contributed by atoms with Crippen molar-refractivity contribution < 1.29 is 49.3 Å². The molecule has 1 saturated heterocycles. The number of aliphatic hydroxyl groups excluding tert-OH is 5. The van der Waals surface area contributed by atoms with Crippen LogP contribution >= 0.6 is 0 Å². The maximum atomic E-state index is 13.0. The molecule has 7 atom stereocenters. The molecular formula is C64H119NO10. The van der Waals surface area contributed by atoms with Gasteiger partial charge in [0, 0.05) is 12.8 Å². The quantitative estimate of drug-likeness (QED) is 0.0195. The van der Waals surface area contributed by atoms with Crippen LogP contribution in [-0.4, -0.2) is 100 Å². The Morgan fingerprint density at radius 1 is 0.480 bits per heavy atom. The third kappa shape index (κ3) is 43.4. The van der Waals surface area contributed by atoms with Crippen LogP contribution in [0.5, 0.6) is 0 Å². The number of carbonyl (C=O) groups is 2. The summed E-state index contributed by atoms with van der Waals surface area (Å²) in [5, 5.41) is 54.4. The topological polar surface area (TPSA) is 175 Å². The van der Waals surface area contributed by atoms with Crippen LogP contribution in [0, 0.1) is 0 Å². The lowest BCUT2D eigenvalue weighted by atomic mass is 9.99. The van der Waals surface area contributed by atoms with Gasteiger partial charge in [-0.15, -0.1) is 0 Å². The zero-order valence-corrected chi connectivity index (χ0v) is 48.5. The molecule has 0 spiro atoms. The first kappa shape index (κ1) is 70.9. The van der Waals surface area contributed by atoms with Crippen molar-refractivity contribution >= 4 is 11.9 Å². The highest BCUT2D eigenvalue weighted by molar-refractivity contribution is 5.76. The first-order valence-electron chi connectivity index (χ1n) is 31.8. The SMILES string of the molecule is CCCCCCCCC/C=C/CC/C=C/C(O)C(COC1OC(CO)C(O)C(O)C1O)NC(=O)CCCCCCCCC/C=C\CCCCCCCCCCCCCCOC(=O)CCCCCCCCCCCCC. The average molecular weight is 1060 g/mol. The molecule has 1 rings (SSSR count). The number of allylic oxidation sites excluding steroid dienone is 5. The first-order valence-corrected chi connectivity index (χ1v) is 31.8. The minimum absolute atomic E-state index is 0.00103. The largest absolute Gasteiger partial charge is 0.466 e. The van der Waals surface area contributed by atoms with Gasteiger partial charge in [0.05, 0.1) is 32.0 Å². The maximum Gasteiger partial charge on any atom is 0.305 e. The number of ether oxygens (including phenoxy) is 3. The molecule has 11 nitrogen and oxygen atoms in total. The van der Waals surface area contributed by atoms with Gasteiger partial charge in [-0.3, -0.25) is 9.59 Å². The van der Waals surface area contributed by atoms with Crippen LogP contribution in [0.3, 0.4) is 0 Å². The number of hydrogen-bond donors (Lipinski definition) is 6. The molecule has 11 heteroatoms. The number of hydrogen-bond acceptors (Lipinski definition) is 10. The van der Waals surface area contributed by atoms with Crippen molar-refractivity contribution in [2.45, 2.75) is 339 Å². The summed E-state index contributed by atoms with van der Waals surface area (Å²) in [6.45, 7) is 4.32. The first-order chi connectivity index (χ1) is 36.7. The van der Waals surface area contributed by atoms with Crippen LogP contribution in [-0.2, 0) is 23.8 Å². The molecule has 0 aromatic rings. The lowest BCUT2D eigenvalue weighted by Gasteiger charge is -2.40. The summed E-state index contributed by atoms with van der Waals surface area (Å²) in [4.78, 5) is 25.1. The molecule has 0 radical (unpaired) electrons. The van der Waals surface area contributed by atoms with Crippen molar-refractivity contribution in [3.05, 3.63) is 36.5 Å². The molecule has 0 aromatic carbocycles. The molecule has 7 unspecified atom stereocenters. The van der Waals surface area contributed by atoms with Crippen LogP contribution in [0.25, 0.3) is 0 Å². The predicted octanol–water partition coefficient (Wildman–Crippen LogP) is 15.1. The Bertz CT molecular complexity index is 1340. The Hall–Kier alpha value is -2.12. The van der Waals surface area contributed by atoms with Crippen molar-refractivity contribution in [2.75, 3.05) is 19.8 Å². The fourth-order valence-electron chi connectivity index (χ4n) is 9.92. The van der Waals surface area contributed by atoms with E-state index < -0.39 is 49.5 Å². The molecular weight excluding hydrogens is 943 g/mol. The van der Waals surface area contributed by atoms with E-state index in [1.54, 1.807) is 6.08 Å². The summed E-state index contributed by atoms with van der Waals surface area (Å²) in [6.07, 6.45) is 56.8. The van der Waals surface area contributed by atoms with Gasteiger partial charge in [-0.25, -0.2) is 0 Å². The predicted molar refractivity (Wildman–Crippen MR) is 311 cm³/mol. The van der Waals surface area contributed by atoms with Crippen LogP contribution in [0.1, 0.15) is 296 Å². The summed E-state index contributed by atoms with van der Waals surface area (Å²) in [6, 6.07) is -0.832. The van der Waals surface area contributed by atoms with Crippen LogP contribution in [0.15, 0.2) is 36.5 Å². The zero-order valence-electron chi connectivity index (χ0n) is 48.5. The molecule has 440 valence electrons. The normalized spacial score (nSPS) is 18.9. The number of carbonyl (C=O) groups excluding carboxylic acids is 2. The van der Waals surface area contributed by atoms with E-state index in [-0.39, 0.29) is 18.5 Å². The van der Waals surface area contributed by atoms with Gasteiger partial charge in [0.2, 0.25) is 5.91 Å². The van der Waals surface area contributed by atoms with E-state index in [4.69, 9.17) is 14.2 Å². The van der Waals surface area contributed by atoms with Gasteiger partial charge in [-0.2, -0.15) is 0 Å². The Labute approximate surface area is 460 Å². The van der Waals surface area contributed by atoms with Crippen molar-refractivity contribution in [3.8, 4) is 0 Å². The average Bonchev–Trinajstić information content (AvgIpc) is 3.41. The van der Waals surface area contributed by atoms with Crippen LogP contribution < -0.4 is 5.32 Å². The maximum absolute atomic E-state index is 13.0. The third-order valence-corrected chi connectivity index (χ3v) is 15.0. The lowest BCUT2D eigenvalue weighted by molar-refractivity contribution is -0.302. The van der Waals surface area contributed by atoms with Crippen molar-refractivity contribution in [1.29, 1.82) is 0 Å². The van der Waals surface area contributed by atoms with E-state index in [0.29, 0.717) is 19.4 Å². The number of amides is 1. The van der Waals surface area contributed by atoms with Crippen molar-refractivity contribution in [1.82, 2.24) is 5.32 Å². The second kappa shape index (κ2) is 53.9. The van der Waals surface area contributed by atoms with Gasteiger partial charge in [-0.1, -0.05) is 249 Å². The summed E-state index contributed by atoms with van der Waals surface area (Å²) in [5.74, 6) is -0.199. The number of nitrogens with one attached hydrogen (secondary N) is 1. The summed E-state index contributed by atoms with van der Waals surface area (Å²) in [5.41, 5.74) is 0. The van der Waals surface area contributed by atoms with E-state index in [2.05, 4.69) is 43.5 Å². The molecule has 0 aromatic heterocycles. The van der Waals surface area contributed by atoms with Gasteiger partial charge >= 0.3 is 5.97 Å². The van der Waals surface area contributed by atoms with E-state index in [1.807, 2.05) is 6.08 Å². The monoisotopic (exact) mass is 1060 g/mol. The number of esters is 1. The summed E-state index contributed by atoms with van der Waals surface area (Å²) >= 11 is 0. The standard InChI is InChI=1S/C64H119NO10/c1-3-5-7-9-11-13-15-27-31-34-38-42-46-50-57(67)56(55-74-64-63(72)62(71)61(70)58(54-66)75-64)65-59(68)51-47-43-39-35-32-28-25-23-21-19-17-16-18-20-22-24-26-29-33-37-41-45-49-53-73-60(69)52-48-44-40-36-30-14-12-10-8-6-4-2/h19,21,31,34,46,50,56-58,61-64,66-67,70-72H,3-18,20,22-30,32-33,35-45,47-49,51-55H2,1-2H3,(H,65,68)/b21-19-,34-31+,50-46+. The smallest absolute Gasteiger partial charge is 0.305 e. The number of rotatable bonds is 55. The van der Waals surface area contributed by atoms with Crippen LogP contribution in [0.4, 0.5) is 0 Å². The Morgan fingerprint density at radius 3 is 1.32 bits per heavy atom. The lowest BCUT2D eigenvalue weighted by Crippen LogP contribution is -2.60. The van der Waals surface area contributed by atoms with Gasteiger partial charge in [0.15, 0.2) is 6.29 Å². The van der Waals surface area contributed by atoms with E-state index in [9.17, 15) is 35.1 Å². The van der Waals surface area contributed by atoms with E-state index in [1.165, 1.54) is 199 Å². The molecule has 1 heterocycles. The van der Waals surface area contributed by atoms with Crippen LogP contribution in [0.2, 0.25) is 0 Å². The number of aliphatic hydroxyl groups is 5. The van der Waals surface area contributed by atoms with Crippen molar-refractivity contribution in [3.63, 3.8) is 0 Å². The van der Waals surface area contributed by atoms with E-state index >= 15 is 0 Å². The highest BCUT2D eigenvalue weighted by atomic mass is 16.7. The van der Waals surface area contributed by atoms with E-state index in [0.717, 1.165) is 70.6 Å². The molecule has 6 N–H and O–H groups in total. The highest BCUT2D eigenvalue weighted by Crippen LogP contribution is 2.23. The minimum atomic E-state index is -1.58. The Balaban J connectivity index is 2.06. The van der Waals surface area contributed by atoms with Gasteiger partial charge in [-0.05, 0) is 70.6 Å². The molecule has 1 fully saturated rings. The second-order valence-corrected chi connectivity index (χ2v) is 22.1. The molecule has 0 aliphatic carbocycles. The Kier molecular flexibility index (Phi) is 50.9. The minimum Gasteiger partial charge on any atom is -0.466 e. The van der Waals surface area contributed by atoms with Gasteiger partial charge in [0.25, 0.3) is 0 Å². The van der Waals surface area contributed by atoms with Gasteiger partial charge < -0.3 is 45.1 Å². The summed E-state index contributed by atoms with van der Waals surface area (Å²) < 4.78 is 16.7. The third-order valence-electron chi connectivity index (χ3n) is 15.0. The second-order valence-electron chi connectivity index (χ2n) is 22.1. The molecule has 75 heavy (non-hydrogen) atoms. The zero-order chi connectivity index (χ0) is 54.5. The molecule has 0 bridgehead atoms. The summed E-state index contributed by atoms with van der Waals surface area (Å²) in [7, 11) is 0. The highest BCUT2D eigenvalue weighted by Gasteiger charge is 2.44. The molecule has 1 aliphatic rings.